The zero-order valence-electron chi connectivity index (χ0n) is 13.9. The predicted molar refractivity (Wildman–Crippen MR) is 90.8 cm³/mol. The minimum absolute atomic E-state index is 0.0617. The van der Waals surface area contributed by atoms with Crippen LogP contribution in [0, 0.1) is 0 Å². The van der Waals surface area contributed by atoms with Gasteiger partial charge in [-0.05, 0) is 31.7 Å². The quantitative estimate of drug-likeness (QED) is 0.804. The van der Waals surface area contributed by atoms with Crippen molar-refractivity contribution in [2.45, 2.75) is 45.2 Å². The van der Waals surface area contributed by atoms with Crippen LogP contribution in [-0.2, 0) is 16.1 Å². The Bertz CT molecular complexity index is 504. The molecule has 2 amide bonds. The highest BCUT2D eigenvalue weighted by Gasteiger charge is 2.20. The first-order valence-corrected chi connectivity index (χ1v) is 8.53. The highest BCUT2D eigenvalue weighted by Crippen LogP contribution is 2.07. The fourth-order valence-electron chi connectivity index (χ4n) is 2.83. The number of nitrogens with one attached hydrogen (secondary N) is 2. The van der Waals surface area contributed by atoms with Gasteiger partial charge in [-0.25, -0.2) is 0 Å². The van der Waals surface area contributed by atoms with Gasteiger partial charge in [0.2, 0.25) is 11.8 Å². The van der Waals surface area contributed by atoms with Gasteiger partial charge < -0.3 is 15.5 Å². The van der Waals surface area contributed by atoms with Crippen LogP contribution in [0.4, 0.5) is 0 Å². The molecule has 0 unspecified atom stereocenters. The first kappa shape index (κ1) is 17.5. The van der Waals surface area contributed by atoms with E-state index in [2.05, 4.69) is 10.6 Å². The number of hydrogen-bond acceptors (Lipinski definition) is 3. The highest BCUT2D eigenvalue weighted by molar-refractivity contribution is 5.82. The second kappa shape index (κ2) is 9.30. The van der Waals surface area contributed by atoms with E-state index in [9.17, 15) is 9.59 Å². The summed E-state index contributed by atoms with van der Waals surface area (Å²) >= 11 is 0. The van der Waals surface area contributed by atoms with Crippen molar-refractivity contribution in [1.29, 1.82) is 0 Å². The number of rotatable bonds is 7. The fourth-order valence-corrected chi connectivity index (χ4v) is 2.83. The van der Waals surface area contributed by atoms with Gasteiger partial charge in [0.15, 0.2) is 0 Å². The summed E-state index contributed by atoms with van der Waals surface area (Å²) < 4.78 is 0. The third-order valence-corrected chi connectivity index (χ3v) is 4.22. The van der Waals surface area contributed by atoms with Crippen LogP contribution >= 0.6 is 0 Å². The van der Waals surface area contributed by atoms with Gasteiger partial charge in [0.05, 0.1) is 6.04 Å². The van der Waals surface area contributed by atoms with Gasteiger partial charge in [0, 0.05) is 32.6 Å². The molecule has 1 heterocycles. The number of nitrogens with zero attached hydrogens (tertiary/aromatic N) is 1. The summed E-state index contributed by atoms with van der Waals surface area (Å²) in [5.74, 6) is 0.185. The lowest BCUT2D eigenvalue weighted by molar-refractivity contribution is -0.132. The molecule has 126 valence electrons. The smallest absolute Gasteiger partial charge is 0.237 e. The van der Waals surface area contributed by atoms with Crippen molar-refractivity contribution in [1.82, 2.24) is 15.5 Å². The van der Waals surface area contributed by atoms with Crippen LogP contribution in [0.15, 0.2) is 30.3 Å². The molecule has 23 heavy (non-hydrogen) atoms. The summed E-state index contributed by atoms with van der Waals surface area (Å²) in [7, 11) is 0. The Morgan fingerprint density at radius 3 is 2.83 bits per heavy atom. The maximum Gasteiger partial charge on any atom is 0.237 e. The molecular formula is C18H27N3O2. The maximum absolute atomic E-state index is 12.4. The highest BCUT2D eigenvalue weighted by atomic mass is 16.2. The van der Waals surface area contributed by atoms with Crippen LogP contribution in [0.5, 0.6) is 0 Å². The number of carbonyl (C=O) groups is 2. The molecule has 0 aromatic heterocycles. The van der Waals surface area contributed by atoms with Gasteiger partial charge in [-0.15, -0.1) is 0 Å². The molecule has 1 aromatic rings. The molecule has 1 saturated heterocycles. The molecule has 1 aliphatic rings. The molecule has 2 N–H and O–H groups in total. The lowest BCUT2D eigenvalue weighted by Gasteiger charge is -2.22. The van der Waals surface area contributed by atoms with Gasteiger partial charge in [-0.3, -0.25) is 9.59 Å². The standard InChI is InChI=1S/C18H27N3O2/c1-2-21(14-15-8-4-3-5-9-15)17(22)11-13-19-16-10-6-7-12-20-18(16)23/h3-5,8-9,16,19H,2,6-7,10-14H2,1H3,(H,20,23)/t16-/m0/s1. The number of hydrogen-bond donors (Lipinski definition) is 2. The summed E-state index contributed by atoms with van der Waals surface area (Å²) in [6.45, 7) is 4.63. The monoisotopic (exact) mass is 317 g/mol. The Labute approximate surface area is 138 Å². The topological polar surface area (TPSA) is 61.4 Å². The summed E-state index contributed by atoms with van der Waals surface area (Å²) in [4.78, 5) is 26.1. The number of amides is 2. The van der Waals surface area contributed by atoms with E-state index in [-0.39, 0.29) is 17.9 Å². The van der Waals surface area contributed by atoms with Gasteiger partial charge in [-0.1, -0.05) is 30.3 Å². The lowest BCUT2D eigenvalue weighted by atomic mass is 10.1. The van der Waals surface area contributed by atoms with Gasteiger partial charge >= 0.3 is 0 Å². The Morgan fingerprint density at radius 1 is 1.30 bits per heavy atom. The molecule has 0 radical (unpaired) electrons. The summed E-state index contributed by atoms with van der Waals surface area (Å²) in [6, 6.07) is 9.85. The van der Waals surface area contributed by atoms with E-state index in [1.54, 1.807) is 0 Å². The third kappa shape index (κ3) is 5.67. The molecule has 1 aliphatic heterocycles. The number of carbonyl (C=O) groups excluding carboxylic acids is 2. The Balaban J connectivity index is 1.77. The van der Waals surface area contributed by atoms with Crippen LogP contribution in [0.2, 0.25) is 0 Å². The predicted octanol–water partition coefficient (Wildman–Crippen LogP) is 1.68. The van der Waals surface area contributed by atoms with E-state index in [0.29, 0.717) is 26.1 Å². The number of benzene rings is 1. The van der Waals surface area contributed by atoms with Crippen molar-refractivity contribution in [2.75, 3.05) is 19.6 Å². The minimum atomic E-state index is -0.158. The molecule has 1 atom stereocenters. The van der Waals surface area contributed by atoms with Gasteiger partial charge in [0.25, 0.3) is 0 Å². The van der Waals surface area contributed by atoms with E-state index in [0.717, 1.165) is 31.4 Å². The molecule has 5 nitrogen and oxygen atoms in total. The second-order valence-corrected chi connectivity index (χ2v) is 5.94. The van der Waals surface area contributed by atoms with E-state index in [4.69, 9.17) is 0 Å². The largest absolute Gasteiger partial charge is 0.355 e. The van der Waals surface area contributed by atoms with Crippen LogP contribution in [0.3, 0.4) is 0 Å². The Morgan fingerprint density at radius 2 is 2.09 bits per heavy atom. The summed E-state index contributed by atoms with van der Waals surface area (Å²) in [5.41, 5.74) is 1.14. The summed E-state index contributed by atoms with van der Waals surface area (Å²) in [6.07, 6.45) is 3.34. The molecule has 0 saturated carbocycles. The molecule has 5 heteroatoms. The average Bonchev–Trinajstić information content (AvgIpc) is 2.78. The summed E-state index contributed by atoms with van der Waals surface area (Å²) in [5, 5.41) is 6.13. The van der Waals surface area contributed by atoms with Crippen molar-refractivity contribution in [3.63, 3.8) is 0 Å². The molecule has 1 aromatic carbocycles. The first-order valence-electron chi connectivity index (χ1n) is 8.53. The van der Waals surface area contributed by atoms with Crippen molar-refractivity contribution in [3.05, 3.63) is 35.9 Å². The van der Waals surface area contributed by atoms with Gasteiger partial charge in [0.1, 0.15) is 0 Å². The molecule has 1 fully saturated rings. The van der Waals surface area contributed by atoms with Crippen molar-refractivity contribution < 1.29 is 9.59 Å². The zero-order chi connectivity index (χ0) is 16.5. The Hall–Kier alpha value is -1.88. The minimum Gasteiger partial charge on any atom is -0.355 e. The van der Waals surface area contributed by atoms with Crippen molar-refractivity contribution >= 4 is 11.8 Å². The average molecular weight is 317 g/mol. The molecular weight excluding hydrogens is 290 g/mol. The Kier molecular flexibility index (Phi) is 7.07. The van der Waals surface area contributed by atoms with E-state index >= 15 is 0 Å². The molecule has 0 aliphatic carbocycles. The van der Waals surface area contributed by atoms with Crippen LogP contribution in [0.25, 0.3) is 0 Å². The van der Waals surface area contributed by atoms with Crippen LogP contribution < -0.4 is 10.6 Å². The third-order valence-electron chi connectivity index (χ3n) is 4.22. The normalized spacial score (nSPS) is 18.1. The van der Waals surface area contributed by atoms with Crippen LogP contribution in [-0.4, -0.2) is 42.4 Å². The van der Waals surface area contributed by atoms with E-state index in [1.807, 2.05) is 42.2 Å². The van der Waals surface area contributed by atoms with E-state index in [1.165, 1.54) is 0 Å². The second-order valence-electron chi connectivity index (χ2n) is 5.94. The SMILES string of the molecule is CCN(Cc1ccccc1)C(=O)CCN[C@H]1CCCCNC1=O. The van der Waals surface area contributed by atoms with Crippen molar-refractivity contribution in [2.24, 2.45) is 0 Å². The first-order chi connectivity index (χ1) is 11.2. The zero-order valence-corrected chi connectivity index (χ0v) is 13.9. The lowest BCUT2D eigenvalue weighted by Crippen LogP contribution is -2.44. The molecule has 2 rings (SSSR count). The van der Waals surface area contributed by atoms with Crippen molar-refractivity contribution in [3.8, 4) is 0 Å². The van der Waals surface area contributed by atoms with E-state index < -0.39 is 0 Å². The van der Waals surface area contributed by atoms with Gasteiger partial charge in [-0.2, -0.15) is 0 Å². The molecule has 0 bridgehead atoms. The van der Waals surface area contributed by atoms with Crippen LogP contribution in [0.1, 0.15) is 38.2 Å². The fraction of sp³-hybridized carbons (Fsp3) is 0.556. The maximum atomic E-state index is 12.4. The molecule has 0 spiro atoms.